The van der Waals surface area contributed by atoms with Gasteiger partial charge in [-0.1, -0.05) is 13.8 Å². The molecule has 0 spiro atoms. The number of aromatic nitrogens is 1. The molecule has 76 valence electrons. The van der Waals surface area contributed by atoms with Gasteiger partial charge in [0.15, 0.2) is 0 Å². The van der Waals surface area contributed by atoms with Crippen molar-refractivity contribution < 1.29 is 0 Å². The molecular weight excluding hydrogens is 174 g/mol. The van der Waals surface area contributed by atoms with E-state index in [1.54, 1.807) is 6.20 Å². The normalized spacial score (nSPS) is 20.0. The van der Waals surface area contributed by atoms with E-state index in [1.165, 1.54) is 6.42 Å². The fourth-order valence-corrected chi connectivity index (χ4v) is 1.89. The van der Waals surface area contributed by atoms with Crippen molar-refractivity contribution in [2.45, 2.75) is 20.3 Å². The van der Waals surface area contributed by atoms with Gasteiger partial charge in [0.2, 0.25) is 0 Å². The largest absolute Gasteiger partial charge is 0.397 e. The molecule has 0 saturated carbocycles. The highest BCUT2D eigenvalue weighted by Crippen LogP contribution is 2.31. The molecule has 3 heteroatoms. The highest BCUT2D eigenvalue weighted by atomic mass is 15.2. The number of anilines is 2. The van der Waals surface area contributed by atoms with Crippen LogP contribution in [0.1, 0.15) is 20.3 Å². The Hall–Kier alpha value is -1.25. The molecule has 0 amide bonds. The van der Waals surface area contributed by atoms with Gasteiger partial charge in [-0.25, -0.2) is 4.98 Å². The molecule has 1 aromatic heterocycles. The van der Waals surface area contributed by atoms with E-state index in [2.05, 4.69) is 23.7 Å². The van der Waals surface area contributed by atoms with E-state index in [4.69, 9.17) is 5.73 Å². The van der Waals surface area contributed by atoms with Gasteiger partial charge in [-0.05, 0) is 24.0 Å². The maximum atomic E-state index is 5.60. The molecule has 0 aliphatic carbocycles. The average molecular weight is 191 g/mol. The second kappa shape index (κ2) is 3.15. The summed E-state index contributed by atoms with van der Waals surface area (Å²) >= 11 is 0. The van der Waals surface area contributed by atoms with E-state index in [9.17, 15) is 0 Å². The maximum absolute atomic E-state index is 5.60. The Bertz CT molecular complexity index is 316. The van der Waals surface area contributed by atoms with Crippen LogP contribution in [0.3, 0.4) is 0 Å². The highest BCUT2D eigenvalue weighted by molar-refractivity contribution is 5.46. The molecule has 2 N–H and O–H groups in total. The lowest BCUT2D eigenvalue weighted by molar-refractivity contribution is 0.418. The predicted octanol–water partition coefficient (Wildman–Crippen LogP) is 1.90. The standard InChI is InChI=1S/C11H17N3/c1-11(2)5-6-14(8-11)10-4-3-9(12)7-13-10/h3-4,7H,5-6,8,12H2,1-2H3. The zero-order valence-electron chi connectivity index (χ0n) is 8.83. The molecule has 0 aromatic carbocycles. The van der Waals surface area contributed by atoms with Gasteiger partial charge in [0.1, 0.15) is 5.82 Å². The first kappa shape index (κ1) is 9.31. The molecule has 2 heterocycles. The second-order valence-electron chi connectivity index (χ2n) is 4.79. The smallest absolute Gasteiger partial charge is 0.128 e. The summed E-state index contributed by atoms with van der Waals surface area (Å²) in [5.74, 6) is 1.05. The van der Waals surface area contributed by atoms with E-state index in [0.29, 0.717) is 5.41 Å². The van der Waals surface area contributed by atoms with Gasteiger partial charge in [0.05, 0.1) is 11.9 Å². The Morgan fingerprint density at radius 1 is 1.43 bits per heavy atom. The molecule has 0 atom stereocenters. The van der Waals surface area contributed by atoms with Crippen molar-refractivity contribution in [1.29, 1.82) is 0 Å². The summed E-state index contributed by atoms with van der Waals surface area (Å²) in [6.45, 7) is 6.78. The van der Waals surface area contributed by atoms with Gasteiger partial charge in [0, 0.05) is 13.1 Å². The Balaban J connectivity index is 2.14. The summed E-state index contributed by atoms with van der Waals surface area (Å²) in [7, 11) is 0. The Morgan fingerprint density at radius 2 is 2.21 bits per heavy atom. The minimum Gasteiger partial charge on any atom is -0.397 e. The van der Waals surface area contributed by atoms with Crippen LogP contribution in [0.25, 0.3) is 0 Å². The number of hydrogen-bond donors (Lipinski definition) is 1. The number of pyridine rings is 1. The van der Waals surface area contributed by atoms with Gasteiger partial charge in [-0.15, -0.1) is 0 Å². The molecule has 0 bridgehead atoms. The fraction of sp³-hybridized carbons (Fsp3) is 0.545. The van der Waals surface area contributed by atoms with Crippen molar-refractivity contribution in [2.24, 2.45) is 5.41 Å². The van der Waals surface area contributed by atoms with Crippen LogP contribution in [0.15, 0.2) is 18.3 Å². The zero-order valence-corrected chi connectivity index (χ0v) is 8.83. The lowest BCUT2D eigenvalue weighted by Gasteiger charge is -2.20. The molecule has 1 fully saturated rings. The number of nitrogens with zero attached hydrogens (tertiary/aromatic N) is 2. The van der Waals surface area contributed by atoms with Gasteiger partial charge in [-0.3, -0.25) is 0 Å². The molecule has 1 aliphatic heterocycles. The molecule has 1 saturated heterocycles. The average Bonchev–Trinajstić information content (AvgIpc) is 2.47. The van der Waals surface area contributed by atoms with E-state index in [1.807, 2.05) is 12.1 Å². The van der Waals surface area contributed by atoms with Crippen LogP contribution in [0.5, 0.6) is 0 Å². The minimum atomic E-state index is 0.420. The zero-order chi connectivity index (χ0) is 10.2. The van der Waals surface area contributed by atoms with E-state index >= 15 is 0 Å². The lowest BCUT2D eigenvalue weighted by Crippen LogP contribution is -2.23. The maximum Gasteiger partial charge on any atom is 0.128 e. The first-order valence-corrected chi connectivity index (χ1v) is 5.03. The summed E-state index contributed by atoms with van der Waals surface area (Å²) in [4.78, 5) is 6.65. The Kier molecular flexibility index (Phi) is 2.10. The van der Waals surface area contributed by atoms with Crippen LogP contribution in [-0.4, -0.2) is 18.1 Å². The monoisotopic (exact) mass is 191 g/mol. The summed E-state index contributed by atoms with van der Waals surface area (Å²) in [6, 6.07) is 3.91. The molecule has 1 aliphatic rings. The van der Waals surface area contributed by atoms with Crippen molar-refractivity contribution in [2.75, 3.05) is 23.7 Å². The third-order valence-electron chi connectivity index (χ3n) is 2.77. The Labute approximate surface area is 84.9 Å². The third-order valence-corrected chi connectivity index (χ3v) is 2.77. The topological polar surface area (TPSA) is 42.1 Å². The molecule has 3 nitrogen and oxygen atoms in total. The van der Waals surface area contributed by atoms with Gasteiger partial charge in [-0.2, -0.15) is 0 Å². The molecule has 1 aromatic rings. The Morgan fingerprint density at radius 3 is 2.71 bits per heavy atom. The minimum absolute atomic E-state index is 0.420. The molecule has 0 radical (unpaired) electrons. The van der Waals surface area contributed by atoms with Crippen LogP contribution in [0, 0.1) is 5.41 Å². The summed E-state index contributed by atoms with van der Waals surface area (Å²) < 4.78 is 0. The van der Waals surface area contributed by atoms with Gasteiger partial charge in [0.25, 0.3) is 0 Å². The third kappa shape index (κ3) is 1.81. The van der Waals surface area contributed by atoms with Crippen LogP contribution in [0.2, 0.25) is 0 Å². The van der Waals surface area contributed by atoms with Crippen LogP contribution >= 0.6 is 0 Å². The molecule has 2 rings (SSSR count). The van der Waals surface area contributed by atoms with Crippen LogP contribution < -0.4 is 10.6 Å². The van der Waals surface area contributed by atoms with E-state index in [0.717, 1.165) is 24.6 Å². The van der Waals surface area contributed by atoms with Crippen molar-refractivity contribution >= 4 is 11.5 Å². The summed E-state index contributed by atoms with van der Waals surface area (Å²) in [5.41, 5.74) is 6.75. The van der Waals surface area contributed by atoms with Crippen molar-refractivity contribution in [1.82, 2.24) is 4.98 Å². The van der Waals surface area contributed by atoms with Crippen LogP contribution in [-0.2, 0) is 0 Å². The number of nitrogens with two attached hydrogens (primary N) is 1. The lowest BCUT2D eigenvalue weighted by atomic mass is 9.93. The van der Waals surface area contributed by atoms with Gasteiger partial charge < -0.3 is 10.6 Å². The first-order valence-electron chi connectivity index (χ1n) is 5.03. The number of nitrogen functional groups attached to an aromatic ring is 1. The second-order valence-corrected chi connectivity index (χ2v) is 4.79. The van der Waals surface area contributed by atoms with Crippen molar-refractivity contribution in [3.05, 3.63) is 18.3 Å². The number of hydrogen-bond acceptors (Lipinski definition) is 3. The molecule has 0 unspecified atom stereocenters. The van der Waals surface area contributed by atoms with Crippen molar-refractivity contribution in [3.8, 4) is 0 Å². The van der Waals surface area contributed by atoms with Gasteiger partial charge >= 0.3 is 0 Å². The highest BCUT2D eigenvalue weighted by Gasteiger charge is 2.29. The van der Waals surface area contributed by atoms with Crippen molar-refractivity contribution in [3.63, 3.8) is 0 Å². The summed E-state index contributed by atoms with van der Waals surface area (Å²) in [5, 5.41) is 0. The fourth-order valence-electron chi connectivity index (χ4n) is 1.89. The predicted molar refractivity (Wildman–Crippen MR) is 59.3 cm³/mol. The summed E-state index contributed by atoms with van der Waals surface area (Å²) in [6.07, 6.45) is 2.96. The van der Waals surface area contributed by atoms with E-state index < -0.39 is 0 Å². The molecule has 14 heavy (non-hydrogen) atoms. The SMILES string of the molecule is CC1(C)CCN(c2ccc(N)cn2)C1. The van der Waals surface area contributed by atoms with E-state index in [-0.39, 0.29) is 0 Å². The molecular formula is C11H17N3. The van der Waals surface area contributed by atoms with Crippen LogP contribution in [0.4, 0.5) is 11.5 Å². The quantitative estimate of drug-likeness (QED) is 0.737. The number of rotatable bonds is 1. The first-order chi connectivity index (χ1) is 6.57.